The van der Waals surface area contributed by atoms with Crippen LogP contribution in [-0.4, -0.2) is 36.8 Å². The first-order valence-electron chi connectivity index (χ1n) is 7.53. The molecule has 1 saturated heterocycles. The van der Waals surface area contributed by atoms with Crippen molar-refractivity contribution in [2.45, 2.75) is 32.5 Å². The van der Waals surface area contributed by atoms with E-state index < -0.39 is 6.36 Å². The average Bonchev–Trinajstić information content (AvgIpc) is 2.88. The predicted octanol–water partition coefficient (Wildman–Crippen LogP) is 2.72. The molecule has 1 aromatic rings. The molecule has 128 valence electrons. The molecule has 1 aliphatic heterocycles. The molecule has 2 N–H and O–H groups in total. The zero-order valence-corrected chi connectivity index (χ0v) is 13.0. The largest absolute Gasteiger partial charge is 0.573 e. The summed E-state index contributed by atoms with van der Waals surface area (Å²) < 4.78 is 40.0. The summed E-state index contributed by atoms with van der Waals surface area (Å²) in [5.41, 5.74) is 6.52. The Labute approximate surface area is 133 Å². The van der Waals surface area contributed by atoms with Crippen molar-refractivity contribution >= 4 is 5.91 Å². The van der Waals surface area contributed by atoms with Crippen molar-refractivity contribution in [1.82, 2.24) is 4.90 Å². The first-order valence-corrected chi connectivity index (χ1v) is 7.53. The molecular weight excluding hydrogens is 309 g/mol. The second kappa shape index (κ2) is 6.78. The van der Waals surface area contributed by atoms with Gasteiger partial charge in [-0.15, -0.1) is 13.2 Å². The van der Waals surface area contributed by atoms with E-state index in [0.29, 0.717) is 32.5 Å². The maximum atomic E-state index is 12.2. The number of carbonyl (C=O) groups is 1. The monoisotopic (exact) mass is 330 g/mol. The van der Waals surface area contributed by atoms with Crippen LogP contribution in [0.4, 0.5) is 13.2 Å². The first-order chi connectivity index (χ1) is 10.7. The molecule has 0 aromatic heterocycles. The van der Waals surface area contributed by atoms with Crippen LogP contribution >= 0.6 is 0 Å². The second-order valence-electron chi connectivity index (χ2n) is 6.27. The van der Waals surface area contributed by atoms with Crippen LogP contribution in [0.3, 0.4) is 0 Å². The average molecular weight is 330 g/mol. The molecule has 1 fully saturated rings. The summed E-state index contributed by atoms with van der Waals surface area (Å²) in [6.07, 6.45) is -2.97. The van der Waals surface area contributed by atoms with Crippen LogP contribution in [0.15, 0.2) is 24.3 Å². The summed E-state index contributed by atoms with van der Waals surface area (Å²) >= 11 is 0. The van der Waals surface area contributed by atoms with E-state index in [1.54, 1.807) is 12.1 Å². The van der Waals surface area contributed by atoms with E-state index in [4.69, 9.17) is 5.73 Å². The quantitative estimate of drug-likeness (QED) is 0.903. The lowest BCUT2D eigenvalue weighted by Crippen LogP contribution is -2.34. The Hall–Kier alpha value is -1.76. The van der Waals surface area contributed by atoms with Gasteiger partial charge in [0.05, 0.1) is 0 Å². The van der Waals surface area contributed by atoms with Gasteiger partial charge >= 0.3 is 6.36 Å². The molecule has 1 aromatic carbocycles. The third kappa shape index (κ3) is 5.13. The maximum Gasteiger partial charge on any atom is 0.573 e. The van der Waals surface area contributed by atoms with E-state index in [-0.39, 0.29) is 17.1 Å². The molecule has 0 radical (unpaired) electrons. The first kappa shape index (κ1) is 17.6. The lowest BCUT2D eigenvalue weighted by atomic mass is 9.90. The number of aryl methyl sites for hydroxylation is 1. The van der Waals surface area contributed by atoms with Crippen molar-refractivity contribution in [3.05, 3.63) is 29.8 Å². The van der Waals surface area contributed by atoms with Gasteiger partial charge < -0.3 is 15.4 Å². The van der Waals surface area contributed by atoms with Crippen molar-refractivity contribution in [1.29, 1.82) is 0 Å². The predicted molar refractivity (Wildman–Crippen MR) is 79.8 cm³/mol. The van der Waals surface area contributed by atoms with Crippen LogP contribution in [0.25, 0.3) is 0 Å². The standard InChI is InChI=1S/C16H21F3N2O2/c1-15(10-20)8-9-21(11-15)14(22)7-4-12-2-5-13(6-3-12)23-16(17,18)19/h2-3,5-6H,4,7-11,20H2,1H3. The highest BCUT2D eigenvalue weighted by Crippen LogP contribution is 2.29. The van der Waals surface area contributed by atoms with Gasteiger partial charge in [-0.1, -0.05) is 19.1 Å². The lowest BCUT2D eigenvalue weighted by molar-refractivity contribution is -0.274. The Kier molecular flexibility index (Phi) is 5.19. The molecule has 2 rings (SSSR count). The highest BCUT2D eigenvalue weighted by Gasteiger charge is 2.34. The van der Waals surface area contributed by atoms with E-state index in [1.807, 2.05) is 4.90 Å². The molecular formula is C16H21F3N2O2. The summed E-state index contributed by atoms with van der Waals surface area (Å²) in [4.78, 5) is 14.0. The Bertz CT molecular complexity index is 545. The molecule has 1 amide bonds. The van der Waals surface area contributed by atoms with E-state index in [1.165, 1.54) is 12.1 Å². The number of hydrogen-bond acceptors (Lipinski definition) is 3. The van der Waals surface area contributed by atoms with Crippen molar-refractivity contribution in [3.63, 3.8) is 0 Å². The van der Waals surface area contributed by atoms with E-state index in [0.717, 1.165) is 12.0 Å². The van der Waals surface area contributed by atoms with Crippen LogP contribution in [0, 0.1) is 5.41 Å². The van der Waals surface area contributed by atoms with E-state index in [2.05, 4.69) is 11.7 Å². The number of alkyl halides is 3. The fourth-order valence-electron chi connectivity index (χ4n) is 2.67. The Morgan fingerprint density at radius 3 is 2.52 bits per heavy atom. The zero-order valence-electron chi connectivity index (χ0n) is 13.0. The third-order valence-electron chi connectivity index (χ3n) is 4.19. The van der Waals surface area contributed by atoms with Crippen molar-refractivity contribution < 1.29 is 22.7 Å². The van der Waals surface area contributed by atoms with Crippen LogP contribution < -0.4 is 10.5 Å². The Balaban J connectivity index is 1.83. The van der Waals surface area contributed by atoms with Gasteiger partial charge in [0.1, 0.15) is 5.75 Å². The number of likely N-dealkylation sites (tertiary alicyclic amines) is 1. The molecule has 0 aliphatic carbocycles. The van der Waals surface area contributed by atoms with Crippen LogP contribution in [0.2, 0.25) is 0 Å². The summed E-state index contributed by atoms with van der Waals surface area (Å²) in [7, 11) is 0. The molecule has 1 heterocycles. The van der Waals surface area contributed by atoms with Gasteiger partial charge in [-0.05, 0) is 42.5 Å². The number of carbonyl (C=O) groups excluding carboxylic acids is 1. The summed E-state index contributed by atoms with van der Waals surface area (Å²) in [6, 6.07) is 5.61. The van der Waals surface area contributed by atoms with Gasteiger partial charge in [0.25, 0.3) is 0 Å². The zero-order chi connectivity index (χ0) is 17.1. The minimum Gasteiger partial charge on any atom is -0.406 e. The number of halogens is 3. The minimum atomic E-state index is -4.69. The third-order valence-corrected chi connectivity index (χ3v) is 4.19. The molecule has 1 unspecified atom stereocenters. The molecule has 1 atom stereocenters. The summed E-state index contributed by atoms with van der Waals surface area (Å²) in [5.74, 6) is -0.205. The molecule has 0 bridgehead atoms. The van der Waals surface area contributed by atoms with E-state index >= 15 is 0 Å². The number of ether oxygens (including phenoxy) is 1. The number of benzene rings is 1. The molecule has 0 saturated carbocycles. The Morgan fingerprint density at radius 2 is 2.00 bits per heavy atom. The highest BCUT2D eigenvalue weighted by molar-refractivity contribution is 5.76. The minimum absolute atomic E-state index is 0.00770. The fourth-order valence-corrected chi connectivity index (χ4v) is 2.67. The van der Waals surface area contributed by atoms with Gasteiger partial charge in [-0.2, -0.15) is 0 Å². The molecule has 7 heteroatoms. The van der Waals surface area contributed by atoms with Crippen molar-refractivity contribution in [2.24, 2.45) is 11.1 Å². The topological polar surface area (TPSA) is 55.6 Å². The molecule has 1 aliphatic rings. The van der Waals surface area contributed by atoms with Gasteiger partial charge in [-0.25, -0.2) is 0 Å². The van der Waals surface area contributed by atoms with Gasteiger partial charge in [-0.3, -0.25) is 4.79 Å². The number of nitrogens with two attached hydrogens (primary N) is 1. The number of nitrogens with zero attached hydrogens (tertiary/aromatic N) is 1. The van der Waals surface area contributed by atoms with Crippen LogP contribution in [0.5, 0.6) is 5.75 Å². The normalized spacial score (nSPS) is 21.5. The summed E-state index contributed by atoms with van der Waals surface area (Å²) in [5, 5.41) is 0. The molecule has 4 nitrogen and oxygen atoms in total. The maximum absolute atomic E-state index is 12.2. The van der Waals surface area contributed by atoms with Crippen molar-refractivity contribution in [3.8, 4) is 5.75 Å². The smallest absolute Gasteiger partial charge is 0.406 e. The van der Waals surface area contributed by atoms with Gasteiger partial charge in [0, 0.05) is 19.5 Å². The SMILES string of the molecule is CC1(CN)CCN(C(=O)CCc2ccc(OC(F)(F)F)cc2)C1. The molecule has 0 spiro atoms. The van der Waals surface area contributed by atoms with Crippen LogP contribution in [-0.2, 0) is 11.2 Å². The number of rotatable bonds is 5. The number of amides is 1. The summed E-state index contributed by atoms with van der Waals surface area (Å²) in [6.45, 7) is 4.00. The lowest BCUT2D eigenvalue weighted by Gasteiger charge is -2.22. The van der Waals surface area contributed by atoms with Crippen LogP contribution in [0.1, 0.15) is 25.3 Å². The van der Waals surface area contributed by atoms with Gasteiger partial charge in [0.15, 0.2) is 0 Å². The highest BCUT2D eigenvalue weighted by atomic mass is 19.4. The Morgan fingerprint density at radius 1 is 1.35 bits per heavy atom. The van der Waals surface area contributed by atoms with E-state index in [9.17, 15) is 18.0 Å². The second-order valence-corrected chi connectivity index (χ2v) is 6.27. The van der Waals surface area contributed by atoms with Gasteiger partial charge in [0.2, 0.25) is 5.91 Å². The fraction of sp³-hybridized carbons (Fsp3) is 0.562. The van der Waals surface area contributed by atoms with Crippen molar-refractivity contribution in [2.75, 3.05) is 19.6 Å². The molecule has 23 heavy (non-hydrogen) atoms. The number of hydrogen-bond donors (Lipinski definition) is 1.